The molecule has 2 rings (SSSR count). The number of nitrogens with one attached hydrogen (secondary N) is 1. The van der Waals surface area contributed by atoms with Gasteiger partial charge in [-0.1, -0.05) is 6.07 Å². The Bertz CT molecular complexity index is 779. The van der Waals surface area contributed by atoms with Gasteiger partial charge in [0.1, 0.15) is 11.5 Å². The zero-order valence-electron chi connectivity index (χ0n) is 16.1. The largest absolute Gasteiger partial charge is 0.497 e. The number of benzene rings is 2. The highest BCUT2D eigenvalue weighted by Crippen LogP contribution is 2.27. The fourth-order valence-corrected chi connectivity index (χ4v) is 2.52. The molecule has 0 fully saturated rings. The number of rotatable bonds is 9. The lowest BCUT2D eigenvalue weighted by atomic mass is 10.1. The minimum Gasteiger partial charge on any atom is -0.497 e. The van der Waals surface area contributed by atoms with Crippen molar-refractivity contribution in [1.29, 1.82) is 0 Å². The third-order valence-electron chi connectivity index (χ3n) is 3.96. The van der Waals surface area contributed by atoms with Gasteiger partial charge in [-0.25, -0.2) is 0 Å². The SMILES string of the molecule is COc1cc(/C=C/C(=O)NCCc2ccc(OC)c(OC)c2)cc(OC)c1. The van der Waals surface area contributed by atoms with Gasteiger partial charge >= 0.3 is 0 Å². The van der Waals surface area contributed by atoms with Crippen LogP contribution in [0.15, 0.2) is 42.5 Å². The number of hydrogen-bond acceptors (Lipinski definition) is 5. The van der Waals surface area contributed by atoms with Crippen molar-refractivity contribution in [3.63, 3.8) is 0 Å². The summed E-state index contributed by atoms with van der Waals surface area (Å²) in [4.78, 5) is 12.0. The maximum Gasteiger partial charge on any atom is 0.244 e. The average molecular weight is 371 g/mol. The Hall–Kier alpha value is -3.15. The molecule has 1 amide bonds. The Morgan fingerprint density at radius 3 is 2.15 bits per heavy atom. The van der Waals surface area contributed by atoms with Crippen LogP contribution in [0.4, 0.5) is 0 Å². The van der Waals surface area contributed by atoms with E-state index in [4.69, 9.17) is 18.9 Å². The van der Waals surface area contributed by atoms with Gasteiger partial charge < -0.3 is 24.3 Å². The van der Waals surface area contributed by atoms with Gasteiger partial charge in [0.25, 0.3) is 0 Å². The summed E-state index contributed by atoms with van der Waals surface area (Å²) in [6.07, 6.45) is 3.90. The molecule has 0 atom stereocenters. The molecule has 0 aromatic heterocycles. The number of amides is 1. The van der Waals surface area contributed by atoms with Crippen molar-refractivity contribution in [2.45, 2.75) is 6.42 Å². The van der Waals surface area contributed by atoms with E-state index in [-0.39, 0.29) is 5.91 Å². The van der Waals surface area contributed by atoms with E-state index >= 15 is 0 Å². The predicted molar refractivity (Wildman–Crippen MR) is 105 cm³/mol. The number of hydrogen-bond donors (Lipinski definition) is 1. The Morgan fingerprint density at radius 1 is 0.889 bits per heavy atom. The van der Waals surface area contributed by atoms with Crippen LogP contribution in [-0.2, 0) is 11.2 Å². The van der Waals surface area contributed by atoms with Crippen molar-refractivity contribution in [2.75, 3.05) is 35.0 Å². The third kappa shape index (κ3) is 5.95. The normalized spacial score (nSPS) is 10.5. The molecule has 2 aromatic rings. The fourth-order valence-electron chi connectivity index (χ4n) is 2.52. The second-order valence-electron chi connectivity index (χ2n) is 5.71. The quantitative estimate of drug-likeness (QED) is 0.686. The molecule has 27 heavy (non-hydrogen) atoms. The monoisotopic (exact) mass is 371 g/mol. The smallest absolute Gasteiger partial charge is 0.244 e. The first-order valence-corrected chi connectivity index (χ1v) is 8.49. The van der Waals surface area contributed by atoms with E-state index in [0.29, 0.717) is 36.0 Å². The van der Waals surface area contributed by atoms with Gasteiger partial charge in [0.15, 0.2) is 11.5 Å². The first-order valence-electron chi connectivity index (χ1n) is 8.49. The summed E-state index contributed by atoms with van der Waals surface area (Å²) in [7, 11) is 6.37. The molecule has 2 aromatic carbocycles. The van der Waals surface area contributed by atoms with Crippen LogP contribution < -0.4 is 24.3 Å². The van der Waals surface area contributed by atoms with Crippen LogP contribution in [0.3, 0.4) is 0 Å². The van der Waals surface area contributed by atoms with Crippen molar-refractivity contribution in [1.82, 2.24) is 5.32 Å². The van der Waals surface area contributed by atoms with Gasteiger partial charge in [-0.3, -0.25) is 4.79 Å². The van der Waals surface area contributed by atoms with Crippen molar-refractivity contribution in [3.05, 3.63) is 53.6 Å². The lowest BCUT2D eigenvalue weighted by Crippen LogP contribution is -2.23. The van der Waals surface area contributed by atoms with Crippen LogP contribution in [0.25, 0.3) is 6.08 Å². The maximum atomic E-state index is 12.0. The second kappa shape index (κ2) is 10.1. The topological polar surface area (TPSA) is 66.0 Å². The summed E-state index contributed by atoms with van der Waals surface area (Å²) in [6.45, 7) is 0.514. The van der Waals surface area contributed by atoms with Gasteiger partial charge in [0.05, 0.1) is 28.4 Å². The summed E-state index contributed by atoms with van der Waals surface area (Å²) in [5.74, 6) is 2.53. The molecule has 0 aliphatic carbocycles. The van der Waals surface area contributed by atoms with E-state index in [1.165, 1.54) is 6.08 Å². The molecule has 6 nitrogen and oxygen atoms in total. The standard InChI is InChI=1S/C21H25NO5/c1-24-17-11-16(12-18(14-17)25-2)6-8-21(23)22-10-9-15-5-7-19(26-3)20(13-15)27-4/h5-8,11-14H,9-10H2,1-4H3,(H,22,23)/b8-6+. The lowest BCUT2D eigenvalue weighted by molar-refractivity contribution is -0.116. The molecule has 0 saturated heterocycles. The second-order valence-corrected chi connectivity index (χ2v) is 5.71. The molecule has 1 N–H and O–H groups in total. The highest BCUT2D eigenvalue weighted by molar-refractivity contribution is 5.91. The summed E-state index contributed by atoms with van der Waals surface area (Å²) in [5, 5.41) is 2.86. The number of ether oxygens (including phenoxy) is 4. The molecular formula is C21H25NO5. The average Bonchev–Trinajstić information content (AvgIpc) is 2.71. The van der Waals surface area contributed by atoms with E-state index in [2.05, 4.69) is 5.32 Å². The molecule has 0 radical (unpaired) electrons. The zero-order chi connectivity index (χ0) is 19.6. The van der Waals surface area contributed by atoms with Crippen molar-refractivity contribution in [3.8, 4) is 23.0 Å². The van der Waals surface area contributed by atoms with Crippen LogP contribution in [0.2, 0.25) is 0 Å². The molecular weight excluding hydrogens is 346 g/mol. The minimum atomic E-state index is -0.169. The van der Waals surface area contributed by atoms with Crippen LogP contribution in [0.1, 0.15) is 11.1 Å². The molecule has 0 unspecified atom stereocenters. The van der Waals surface area contributed by atoms with Crippen molar-refractivity contribution in [2.24, 2.45) is 0 Å². The lowest BCUT2D eigenvalue weighted by Gasteiger charge is -2.09. The highest BCUT2D eigenvalue weighted by atomic mass is 16.5. The third-order valence-corrected chi connectivity index (χ3v) is 3.96. The molecule has 144 valence electrons. The summed E-state index contributed by atoms with van der Waals surface area (Å²) < 4.78 is 20.9. The van der Waals surface area contributed by atoms with Gasteiger partial charge in [-0.05, 0) is 47.9 Å². The van der Waals surface area contributed by atoms with Crippen LogP contribution >= 0.6 is 0 Å². The first-order chi connectivity index (χ1) is 13.1. The Morgan fingerprint density at radius 2 is 1.56 bits per heavy atom. The number of methoxy groups -OCH3 is 4. The Kier molecular flexibility index (Phi) is 7.55. The molecule has 0 aliphatic heterocycles. The minimum absolute atomic E-state index is 0.169. The van der Waals surface area contributed by atoms with Gasteiger partial charge in [0.2, 0.25) is 5.91 Å². The van der Waals surface area contributed by atoms with Crippen molar-refractivity contribution < 1.29 is 23.7 Å². The summed E-state index contributed by atoms with van der Waals surface area (Å²) in [6, 6.07) is 11.1. The van der Waals surface area contributed by atoms with E-state index in [9.17, 15) is 4.79 Å². The van der Waals surface area contributed by atoms with E-state index in [0.717, 1.165) is 11.1 Å². The number of carbonyl (C=O) groups excluding carboxylic acids is 1. The molecule has 0 aliphatic rings. The van der Waals surface area contributed by atoms with Crippen LogP contribution in [-0.4, -0.2) is 40.9 Å². The summed E-state index contributed by atoms with van der Waals surface area (Å²) >= 11 is 0. The molecule has 0 heterocycles. The number of carbonyl (C=O) groups is 1. The van der Waals surface area contributed by atoms with Crippen molar-refractivity contribution >= 4 is 12.0 Å². The predicted octanol–water partition coefficient (Wildman–Crippen LogP) is 3.09. The van der Waals surface area contributed by atoms with E-state index in [1.54, 1.807) is 40.6 Å². The Balaban J connectivity index is 1.90. The van der Waals surface area contributed by atoms with Crippen LogP contribution in [0.5, 0.6) is 23.0 Å². The fraction of sp³-hybridized carbons (Fsp3) is 0.286. The Labute approximate surface area is 159 Å². The molecule has 6 heteroatoms. The van der Waals surface area contributed by atoms with Gasteiger partial charge in [0, 0.05) is 18.7 Å². The highest BCUT2D eigenvalue weighted by Gasteiger charge is 2.05. The maximum absolute atomic E-state index is 12.0. The molecule has 0 saturated carbocycles. The van der Waals surface area contributed by atoms with Gasteiger partial charge in [-0.15, -0.1) is 0 Å². The van der Waals surface area contributed by atoms with Crippen LogP contribution in [0, 0.1) is 0 Å². The van der Waals surface area contributed by atoms with E-state index < -0.39 is 0 Å². The van der Waals surface area contributed by atoms with E-state index in [1.807, 2.05) is 30.3 Å². The molecule has 0 spiro atoms. The molecule has 0 bridgehead atoms. The first kappa shape index (κ1) is 20.2. The summed E-state index contributed by atoms with van der Waals surface area (Å²) in [5.41, 5.74) is 1.87. The van der Waals surface area contributed by atoms with Gasteiger partial charge in [-0.2, -0.15) is 0 Å². The zero-order valence-corrected chi connectivity index (χ0v) is 16.1.